The van der Waals surface area contributed by atoms with Gasteiger partial charge in [0.1, 0.15) is 0 Å². The first-order valence-electron chi connectivity index (χ1n) is 10.5. The molecule has 0 spiro atoms. The number of carbonyl (C=O) groups excluding carboxylic acids is 1. The number of hydrogen-bond acceptors (Lipinski definition) is 2. The number of halogens is 1. The van der Waals surface area contributed by atoms with Gasteiger partial charge in [0.25, 0.3) is 0 Å². The van der Waals surface area contributed by atoms with E-state index in [2.05, 4.69) is 34.6 Å². The summed E-state index contributed by atoms with van der Waals surface area (Å²) < 4.78 is 10.6. The van der Waals surface area contributed by atoms with E-state index in [4.69, 9.17) is 16.2 Å². The molecular formula is C21H39ClO2Sn. The summed E-state index contributed by atoms with van der Waals surface area (Å²) in [5.74, 6) is -0.257. The minimum absolute atomic E-state index is 0.0909. The third-order valence-corrected chi connectivity index (χ3v) is 22.6. The van der Waals surface area contributed by atoms with Crippen LogP contribution in [0.2, 0.25) is 13.3 Å². The van der Waals surface area contributed by atoms with Gasteiger partial charge in [-0.25, -0.2) is 0 Å². The first-order chi connectivity index (χ1) is 11.9. The molecule has 0 aromatic rings. The van der Waals surface area contributed by atoms with E-state index in [0.29, 0.717) is 0 Å². The molecule has 0 heterocycles. The fraction of sp³-hybridized carbons (Fsp3) is 0.857. The third kappa shape index (κ3) is 6.16. The van der Waals surface area contributed by atoms with Crippen LogP contribution in [0.4, 0.5) is 0 Å². The molecule has 0 amide bonds. The van der Waals surface area contributed by atoms with E-state index < -0.39 is 18.4 Å². The van der Waals surface area contributed by atoms with Crippen molar-refractivity contribution in [1.29, 1.82) is 0 Å². The van der Waals surface area contributed by atoms with E-state index in [9.17, 15) is 4.79 Å². The van der Waals surface area contributed by atoms with Crippen LogP contribution in [0, 0.1) is 5.41 Å². The number of hydrogen-bond donors (Lipinski definition) is 0. The van der Waals surface area contributed by atoms with Crippen molar-refractivity contribution in [1.82, 2.24) is 0 Å². The average Bonchev–Trinajstić information content (AvgIpc) is 2.60. The zero-order valence-corrected chi connectivity index (χ0v) is 20.8. The summed E-state index contributed by atoms with van der Waals surface area (Å²) in [7, 11) is 0. The minimum atomic E-state index is -2.60. The standard InChI is InChI=1S/C9H12ClO2.3C4H9.Sn/c1-9(2)6-4-3-5-7(9)8(11)12-10;3*1-3-4-2;/h3-4,6H2,1-2H3;3*1,3-4H2,2H3;. The van der Waals surface area contributed by atoms with Crippen LogP contribution in [-0.4, -0.2) is 24.3 Å². The first-order valence-corrected chi connectivity index (χ1v) is 18.2. The van der Waals surface area contributed by atoms with Crippen LogP contribution in [0.3, 0.4) is 0 Å². The molecule has 2 nitrogen and oxygen atoms in total. The van der Waals surface area contributed by atoms with Crippen molar-refractivity contribution in [2.24, 2.45) is 5.41 Å². The second-order valence-electron chi connectivity index (χ2n) is 8.55. The molecule has 4 heteroatoms. The molecule has 0 N–H and O–H groups in total. The molecule has 0 aliphatic heterocycles. The van der Waals surface area contributed by atoms with Gasteiger partial charge in [-0.1, -0.05) is 0 Å². The Morgan fingerprint density at radius 1 is 1.04 bits per heavy atom. The van der Waals surface area contributed by atoms with E-state index in [-0.39, 0.29) is 11.4 Å². The van der Waals surface area contributed by atoms with Crippen LogP contribution in [0.1, 0.15) is 92.4 Å². The van der Waals surface area contributed by atoms with Crippen molar-refractivity contribution in [2.75, 3.05) is 0 Å². The van der Waals surface area contributed by atoms with Crippen molar-refractivity contribution in [3.63, 3.8) is 0 Å². The molecule has 0 aromatic carbocycles. The second-order valence-corrected chi connectivity index (χ2v) is 22.0. The first kappa shape index (κ1) is 23.3. The molecule has 0 aromatic heterocycles. The van der Waals surface area contributed by atoms with E-state index in [0.717, 1.165) is 18.4 Å². The number of allylic oxidation sites excluding steroid dienone is 1. The number of unbranched alkanes of at least 4 members (excludes halogenated alkanes) is 3. The van der Waals surface area contributed by atoms with Gasteiger partial charge in [-0.15, -0.1) is 0 Å². The molecule has 146 valence electrons. The Morgan fingerprint density at radius 2 is 1.52 bits per heavy atom. The quantitative estimate of drug-likeness (QED) is 0.287. The monoisotopic (exact) mass is 478 g/mol. The zero-order valence-electron chi connectivity index (χ0n) is 17.2. The van der Waals surface area contributed by atoms with Crippen LogP contribution in [-0.2, 0) is 9.08 Å². The van der Waals surface area contributed by atoms with E-state index in [1.807, 2.05) is 0 Å². The average molecular weight is 478 g/mol. The summed E-state index contributed by atoms with van der Waals surface area (Å²) >= 11 is 2.98. The Balaban J connectivity index is 3.47. The molecule has 0 radical (unpaired) electrons. The van der Waals surface area contributed by atoms with Gasteiger partial charge in [0, 0.05) is 0 Å². The Kier molecular flexibility index (Phi) is 10.5. The number of carbonyl (C=O) groups is 1. The zero-order chi connectivity index (χ0) is 18.9. The molecule has 1 aliphatic carbocycles. The molecular weight excluding hydrogens is 438 g/mol. The molecule has 1 rings (SSSR count). The summed E-state index contributed by atoms with van der Waals surface area (Å²) in [6.45, 7) is 11.3. The van der Waals surface area contributed by atoms with E-state index in [1.165, 1.54) is 58.3 Å². The topological polar surface area (TPSA) is 26.3 Å². The van der Waals surface area contributed by atoms with Gasteiger partial charge in [-0.3, -0.25) is 0 Å². The SMILES string of the molecule is CCC[CH2][Sn]([CH2]CCC)([CH2]CCC)[C]1=C(C(=O)OCl)C(C)(C)CCC1. The Morgan fingerprint density at radius 3 is 1.92 bits per heavy atom. The van der Waals surface area contributed by atoms with E-state index >= 15 is 0 Å². The maximum atomic E-state index is 12.7. The summed E-state index contributed by atoms with van der Waals surface area (Å²) in [4.78, 5) is 12.7. The fourth-order valence-electron chi connectivity index (χ4n) is 4.71. The van der Waals surface area contributed by atoms with Gasteiger partial charge < -0.3 is 0 Å². The molecule has 1 aliphatic rings. The van der Waals surface area contributed by atoms with Gasteiger partial charge in [-0.2, -0.15) is 0 Å². The van der Waals surface area contributed by atoms with Gasteiger partial charge in [0.15, 0.2) is 0 Å². The molecule has 0 unspecified atom stereocenters. The maximum absolute atomic E-state index is 12.7. The van der Waals surface area contributed by atoms with Crippen LogP contribution in [0.25, 0.3) is 0 Å². The van der Waals surface area contributed by atoms with Gasteiger partial charge >= 0.3 is 166 Å². The van der Waals surface area contributed by atoms with Crippen LogP contribution < -0.4 is 0 Å². The summed E-state index contributed by atoms with van der Waals surface area (Å²) in [6, 6.07) is 0. The summed E-state index contributed by atoms with van der Waals surface area (Å²) in [5.41, 5.74) is 0.889. The van der Waals surface area contributed by atoms with Crippen LogP contribution >= 0.6 is 11.9 Å². The normalized spacial score (nSPS) is 17.7. The van der Waals surface area contributed by atoms with Crippen molar-refractivity contribution in [2.45, 2.75) is 106 Å². The molecule has 25 heavy (non-hydrogen) atoms. The van der Waals surface area contributed by atoms with Crippen molar-refractivity contribution < 1.29 is 9.08 Å². The van der Waals surface area contributed by atoms with Gasteiger partial charge in [0.05, 0.1) is 0 Å². The predicted molar refractivity (Wildman–Crippen MR) is 112 cm³/mol. The Bertz CT molecular complexity index is 435. The number of rotatable bonds is 11. The molecule has 0 fully saturated rings. The molecule has 0 saturated carbocycles. The molecule has 0 bridgehead atoms. The van der Waals surface area contributed by atoms with E-state index in [1.54, 1.807) is 3.59 Å². The van der Waals surface area contributed by atoms with Crippen molar-refractivity contribution in [3.8, 4) is 0 Å². The Labute approximate surface area is 165 Å². The predicted octanol–water partition coefficient (Wildman–Crippen LogP) is 7.58. The van der Waals surface area contributed by atoms with Gasteiger partial charge in [-0.05, 0) is 0 Å². The third-order valence-electron chi connectivity index (χ3n) is 6.15. The summed E-state index contributed by atoms with van der Waals surface area (Å²) in [6.07, 6.45) is 11.1. The second kappa shape index (κ2) is 11.2. The molecule has 0 saturated heterocycles. The van der Waals surface area contributed by atoms with Crippen LogP contribution in [0.5, 0.6) is 0 Å². The van der Waals surface area contributed by atoms with Crippen LogP contribution in [0.15, 0.2) is 9.16 Å². The fourth-order valence-corrected chi connectivity index (χ4v) is 23.1. The summed E-state index contributed by atoms with van der Waals surface area (Å²) in [5, 5.41) is 0. The Hall–Kier alpha value is 0.299. The molecule has 0 atom stereocenters. The van der Waals surface area contributed by atoms with Crippen molar-refractivity contribution >= 4 is 36.2 Å². The van der Waals surface area contributed by atoms with Gasteiger partial charge in [0.2, 0.25) is 0 Å². The van der Waals surface area contributed by atoms with Crippen molar-refractivity contribution in [3.05, 3.63) is 9.16 Å².